The van der Waals surface area contributed by atoms with E-state index in [4.69, 9.17) is 19.0 Å². The molecular weight excluding hydrogens is 236 g/mol. The van der Waals surface area contributed by atoms with Crippen LogP contribution >= 0.6 is 0 Å². The maximum Gasteiger partial charge on any atom is 0.339 e. The molecule has 18 heavy (non-hydrogen) atoms. The number of hydrogen-bond acceptors (Lipinski definition) is 4. The Morgan fingerprint density at radius 2 is 1.89 bits per heavy atom. The molecule has 0 aliphatic heterocycles. The summed E-state index contributed by atoms with van der Waals surface area (Å²) in [7, 11) is 1.58. The van der Waals surface area contributed by atoms with E-state index in [0.29, 0.717) is 11.5 Å². The van der Waals surface area contributed by atoms with Crippen LogP contribution in [0, 0.1) is 0 Å². The minimum absolute atomic E-state index is 0.0704. The topological polar surface area (TPSA) is 68.9 Å². The highest BCUT2D eigenvalue weighted by Gasteiger charge is 2.13. The highest BCUT2D eigenvalue weighted by atomic mass is 16.5. The van der Waals surface area contributed by atoms with E-state index in [9.17, 15) is 4.79 Å². The van der Waals surface area contributed by atoms with Crippen molar-refractivity contribution in [1.82, 2.24) is 0 Å². The van der Waals surface area contributed by atoms with Gasteiger partial charge in [-0.25, -0.2) is 4.79 Å². The summed E-state index contributed by atoms with van der Waals surface area (Å²) in [5.74, 6) is 0.602. The lowest BCUT2D eigenvalue weighted by Crippen LogP contribution is -2.02. The van der Waals surface area contributed by atoms with Crippen LogP contribution in [0.1, 0.15) is 16.1 Å². The predicted octanol–water partition coefficient (Wildman–Crippen LogP) is 2.57. The SMILES string of the molecule is COc1ccc(OCc2occc2C(=O)O)cc1. The molecule has 0 unspecified atom stereocenters. The molecule has 2 aromatic rings. The molecule has 1 heterocycles. The maximum absolute atomic E-state index is 10.8. The molecular formula is C13H12O5. The normalized spacial score (nSPS) is 10.1. The summed E-state index contributed by atoms with van der Waals surface area (Å²) in [5.41, 5.74) is 0.114. The van der Waals surface area contributed by atoms with Gasteiger partial charge in [-0.1, -0.05) is 0 Å². The van der Waals surface area contributed by atoms with Crippen LogP contribution in [0.5, 0.6) is 11.5 Å². The molecule has 1 N–H and O–H groups in total. The lowest BCUT2D eigenvalue weighted by molar-refractivity contribution is 0.0692. The number of carbonyl (C=O) groups is 1. The molecule has 0 bridgehead atoms. The lowest BCUT2D eigenvalue weighted by atomic mass is 10.2. The van der Waals surface area contributed by atoms with Crippen LogP contribution in [0.4, 0.5) is 0 Å². The molecule has 0 saturated carbocycles. The van der Waals surface area contributed by atoms with Crippen LogP contribution in [-0.2, 0) is 6.61 Å². The van der Waals surface area contributed by atoms with E-state index in [1.165, 1.54) is 12.3 Å². The minimum Gasteiger partial charge on any atom is -0.497 e. The van der Waals surface area contributed by atoms with E-state index < -0.39 is 5.97 Å². The van der Waals surface area contributed by atoms with Crippen molar-refractivity contribution in [3.8, 4) is 11.5 Å². The van der Waals surface area contributed by atoms with Crippen LogP contribution in [0.3, 0.4) is 0 Å². The number of rotatable bonds is 5. The van der Waals surface area contributed by atoms with Crippen molar-refractivity contribution < 1.29 is 23.8 Å². The van der Waals surface area contributed by atoms with Gasteiger partial charge in [0.25, 0.3) is 0 Å². The third-order valence-corrected chi connectivity index (χ3v) is 2.41. The van der Waals surface area contributed by atoms with Crippen molar-refractivity contribution >= 4 is 5.97 Å². The average molecular weight is 248 g/mol. The van der Waals surface area contributed by atoms with Gasteiger partial charge in [0.2, 0.25) is 0 Å². The fourth-order valence-corrected chi connectivity index (χ4v) is 1.46. The van der Waals surface area contributed by atoms with Gasteiger partial charge in [0.1, 0.15) is 23.7 Å². The van der Waals surface area contributed by atoms with Crippen LogP contribution in [-0.4, -0.2) is 18.2 Å². The highest BCUT2D eigenvalue weighted by molar-refractivity contribution is 5.88. The van der Waals surface area contributed by atoms with E-state index >= 15 is 0 Å². The predicted molar refractivity (Wildman–Crippen MR) is 63.0 cm³/mol. The highest BCUT2D eigenvalue weighted by Crippen LogP contribution is 2.19. The number of furan rings is 1. The number of carboxylic acid groups (broad SMARTS) is 1. The van der Waals surface area contributed by atoms with Crippen LogP contribution in [0.25, 0.3) is 0 Å². The second-order valence-corrected chi connectivity index (χ2v) is 3.53. The van der Waals surface area contributed by atoms with Gasteiger partial charge >= 0.3 is 5.97 Å². The number of ether oxygens (including phenoxy) is 2. The van der Waals surface area contributed by atoms with E-state index in [0.717, 1.165) is 5.75 Å². The van der Waals surface area contributed by atoms with Crippen molar-refractivity contribution in [1.29, 1.82) is 0 Å². The molecule has 0 aliphatic rings. The Morgan fingerprint density at radius 3 is 2.50 bits per heavy atom. The number of benzene rings is 1. The zero-order valence-electron chi connectivity index (χ0n) is 9.75. The van der Waals surface area contributed by atoms with E-state index in [1.54, 1.807) is 31.4 Å². The van der Waals surface area contributed by atoms with Crippen molar-refractivity contribution in [3.63, 3.8) is 0 Å². The van der Waals surface area contributed by atoms with E-state index in [2.05, 4.69) is 0 Å². The molecule has 0 saturated heterocycles. The molecule has 0 atom stereocenters. The Balaban J connectivity index is 2.02. The van der Waals surface area contributed by atoms with Gasteiger partial charge in [-0.2, -0.15) is 0 Å². The summed E-state index contributed by atoms with van der Waals surface area (Å²) < 4.78 is 15.5. The Bertz CT molecular complexity index is 527. The summed E-state index contributed by atoms with van der Waals surface area (Å²) in [4.78, 5) is 10.8. The molecule has 1 aromatic carbocycles. The standard InChI is InChI=1S/C13H12O5/c1-16-9-2-4-10(5-3-9)18-8-12-11(13(14)15)6-7-17-12/h2-7H,8H2,1H3,(H,14,15). The molecule has 94 valence electrons. The molecule has 0 fully saturated rings. The second-order valence-electron chi connectivity index (χ2n) is 3.53. The Kier molecular flexibility index (Phi) is 3.52. The molecule has 0 amide bonds. The number of aromatic carboxylic acids is 1. The fraction of sp³-hybridized carbons (Fsp3) is 0.154. The average Bonchev–Trinajstić information content (AvgIpc) is 2.85. The van der Waals surface area contributed by atoms with Crippen molar-refractivity contribution in [2.24, 2.45) is 0 Å². The van der Waals surface area contributed by atoms with Crippen LogP contribution in [0.2, 0.25) is 0 Å². The molecule has 1 aromatic heterocycles. The van der Waals surface area contributed by atoms with Crippen LogP contribution in [0.15, 0.2) is 41.0 Å². The van der Waals surface area contributed by atoms with Gasteiger partial charge in [-0.3, -0.25) is 0 Å². The van der Waals surface area contributed by atoms with Gasteiger partial charge < -0.3 is 19.0 Å². The minimum atomic E-state index is -1.03. The van der Waals surface area contributed by atoms with Crippen molar-refractivity contribution in [2.45, 2.75) is 6.61 Å². The van der Waals surface area contributed by atoms with Gasteiger partial charge in [0.15, 0.2) is 5.76 Å². The summed E-state index contributed by atoms with van der Waals surface area (Å²) in [5, 5.41) is 8.89. The third kappa shape index (κ3) is 2.63. The largest absolute Gasteiger partial charge is 0.497 e. The summed E-state index contributed by atoms with van der Waals surface area (Å²) in [6.45, 7) is 0.0704. The molecule has 0 radical (unpaired) electrons. The molecule has 2 rings (SSSR count). The van der Waals surface area contributed by atoms with Crippen molar-refractivity contribution in [3.05, 3.63) is 47.9 Å². The second kappa shape index (κ2) is 5.27. The Hall–Kier alpha value is -2.43. The molecule has 0 aliphatic carbocycles. The smallest absolute Gasteiger partial charge is 0.339 e. The first kappa shape index (κ1) is 12.0. The summed E-state index contributed by atoms with van der Waals surface area (Å²) >= 11 is 0. The Labute approximate surface area is 104 Å². The van der Waals surface area contributed by atoms with Gasteiger partial charge in [-0.05, 0) is 30.3 Å². The fourth-order valence-electron chi connectivity index (χ4n) is 1.46. The lowest BCUT2D eigenvalue weighted by Gasteiger charge is -2.05. The first-order valence-electron chi connectivity index (χ1n) is 5.27. The van der Waals surface area contributed by atoms with Crippen LogP contribution < -0.4 is 9.47 Å². The zero-order chi connectivity index (χ0) is 13.0. The molecule has 5 heteroatoms. The molecule has 5 nitrogen and oxygen atoms in total. The van der Waals surface area contributed by atoms with E-state index in [1.807, 2.05) is 0 Å². The summed E-state index contributed by atoms with van der Waals surface area (Å²) in [6, 6.07) is 8.39. The zero-order valence-corrected chi connectivity index (χ0v) is 9.75. The first-order valence-corrected chi connectivity index (χ1v) is 5.27. The van der Waals surface area contributed by atoms with E-state index in [-0.39, 0.29) is 12.2 Å². The monoisotopic (exact) mass is 248 g/mol. The van der Waals surface area contributed by atoms with Gasteiger partial charge in [0, 0.05) is 0 Å². The maximum atomic E-state index is 10.8. The number of carboxylic acids is 1. The summed E-state index contributed by atoms with van der Waals surface area (Å²) in [6.07, 6.45) is 1.33. The number of hydrogen-bond donors (Lipinski definition) is 1. The van der Waals surface area contributed by atoms with Crippen molar-refractivity contribution in [2.75, 3.05) is 7.11 Å². The van der Waals surface area contributed by atoms with Gasteiger partial charge in [0.05, 0.1) is 13.4 Å². The third-order valence-electron chi connectivity index (χ3n) is 2.41. The first-order chi connectivity index (χ1) is 8.70. The quantitative estimate of drug-likeness (QED) is 0.880. The number of methoxy groups -OCH3 is 1. The van der Waals surface area contributed by atoms with Gasteiger partial charge in [-0.15, -0.1) is 0 Å². The Morgan fingerprint density at radius 1 is 1.22 bits per heavy atom. The molecule has 0 spiro atoms.